The summed E-state index contributed by atoms with van der Waals surface area (Å²) in [6, 6.07) is 9.74. The maximum Gasteiger partial charge on any atom is 0.196 e. The Morgan fingerprint density at radius 3 is 2.93 bits per heavy atom. The number of rotatable bonds is 1. The van der Waals surface area contributed by atoms with Crippen LogP contribution < -0.4 is 0 Å². The molecule has 0 aliphatic carbocycles. The lowest BCUT2D eigenvalue weighted by Crippen LogP contribution is -1.95. The summed E-state index contributed by atoms with van der Waals surface area (Å²) in [6.07, 6.45) is 3.34. The molecule has 68 valence electrons. The molecule has 1 aromatic carbocycles. The van der Waals surface area contributed by atoms with Crippen LogP contribution in [-0.4, -0.2) is 14.9 Å². The summed E-state index contributed by atoms with van der Waals surface area (Å²) < 4.78 is 6.53. The molecule has 0 unspecified atom stereocenters. The van der Waals surface area contributed by atoms with Crippen LogP contribution >= 0.6 is 0 Å². The van der Waals surface area contributed by atoms with E-state index in [1.54, 1.807) is 10.7 Å². The van der Waals surface area contributed by atoms with E-state index in [9.17, 15) is 0 Å². The van der Waals surface area contributed by atoms with Crippen molar-refractivity contribution < 1.29 is 4.52 Å². The molecule has 0 bridgehead atoms. The fraction of sp³-hybridized carbons (Fsp3) is 0. The predicted molar refractivity (Wildman–Crippen MR) is 51.1 cm³/mol. The Labute approximate surface area is 79.7 Å². The molecule has 3 rings (SSSR count). The maximum absolute atomic E-state index is 4.78. The maximum atomic E-state index is 4.78. The third-order valence-electron chi connectivity index (χ3n) is 2.12. The Morgan fingerprint density at radius 1 is 1.14 bits per heavy atom. The zero-order valence-electron chi connectivity index (χ0n) is 7.29. The number of hydrogen-bond donors (Lipinski definition) is 0. The largest absolute Gasteiger partial charge is 0.363 e. The average molecular weight is 185 g/mol. The molecule has 0 saturated carbocycles. The summed E-state index contributed by atoms with van der Waals surface area (Å²) in [5.74, 6) is 0.700. The van der Waals surface area contributed by atoms with Gasteiger partial charge in [0.1, 0.15) is 6.26 Å². The molecule has 0 spiro atoms. The first-order valence-corrected chi connectivity index (χ1v) is 4.29. The molecular weight excluding hydrogens is 178 g/mol. The Kier molecular flexibility index (Phi) is 1.41. The second-order valence-electron chi connectivity index (χ2n) is 2.97. The normalized spacial score (nSPS) is 10.9. The zero-order chi connectivity index (χ0) is 9.38. The van der Waals surface area contributed by atoms with E-state index in [1.807, 2.05) is 30.5 Å². The van der Waals surface area contributed by atoms with Gasteiger partial charge in [-0.05, 0) is 6.07 Å². The van der Waals surface area contributed by atoms with Gasteiger partial charge in [-0.2, -0.15) is 5.10 Å². The van der Waals surface area contributed by atoms with Gasteiger partial charge in [0.2, 0.25) is 0 Å². The van der Waals surface area contributed by atoms with E-state index in [2.05, 4.69) is 10.3 Å². The molecule has 3 aromatic rings. The fourth-order valence-corrected chi connectivity index (χ4v) is 1.47. The Hall–Kier alpha value is -2.10. The minimum Gasteiger partial charge on any atom is -0.363 e. The van der Waals surface area contributed by atoms with E-state index >= 15 is 0 Å². The van der Waals surface area contributed by atoms with Gasteiger partial charge in [-0.25, -0.2) is 4.68 Å². The highest BCUT2D eigenvalue weighted by molar-refractivity contribution is 5.79. The SMILES string of the molecule is c1ccc2c(c1)cnn2-c1ccon1. The van der Waals surface area contributed by atoms with Crippen LogP contribution in [0.1, 0.15) is 0 Å². The molecule has 14 heavy (non-hydrogen) atoms. The third-order valence-corrected chi connectivity index (χ3v) is 2.12. The van der Waals surface area contributed by atoms with Gasteiger partial charge in [-0.15, -0.1) is 0 Å². The third kappa shape index (κ3) is 0.939. The highest BCUT2D eigenvalue weighted by Crippen LogP contribution is 2.15. The second kappa shape index (κ2) is 2.70. The van der Waals surface area contributed by atoms with Crippen molar-refractivity contribution in [2.24, 2.45) is 0 Å². The molecule has 2 heterocycles. The Morgan fingerprint density at radius 2 is 2.07 bits per heavy atom. The van der Waals surface area contributed by atoms with Crippen LogP contribution in [-0.2, 0) is 0 Å². The van der Waals surface area contributed by atoms with Gasteiger partial charge < -0.3 is 4.52 Å². The van der Waals surface area contributed by atoms with E-state index in [0.717, 1.165) is 10.9 Å². The second-order valence-corrected chi connectivity index (χ2v) is 2.97. The Balaban J connectivity index is 2.33. The van der Waals surface area contributed by atoms with E-state index in [0.29, 0.717) is 5.82 Å². The first-order valence-electron chi connectivity index (χ1n) is 4.29. The lowest BCUT2D eigenvalue weighted by atomic mass is 10.3. The van der Waals surface area contributed by atoms with Crippen molar-refractivity contribution in [2.45, 2.75) is 0 Å². The lowest BCUT2D eigenvalue weighted by Gasteiger charge is -1.95. The van der Waals surface area contributed by atoms with E-state index in [1.165, 1.54) is 6.26 Å². The number of hydrogen-bond acceptors (Lipinski definition) is 3. The summed E-state index contributed by atoms with van der Waals surface area (Å²) in [6.45, 7) is 0. The highest BCUT2D eigenvalue weighted by atomic mass is 16.5. The van der Waals surface area contributed by atoms with Crippen LogP contribution in [0.25, 0.3) is 16.7 Å². The van der Waals surface area contributed by atoms with E-state index in [-0.39, 0.29) is 0 Å². The number of para-hydroxylation sites is 1. The minimum absolute atomic E-state index is 0.700. The molecule has 0 amide bonds. The molecule has 4 heteroatoms. The van der Waals surface area contributed by atoms with Crippen molar-refractivity contribution >= 4 is 10.9 Å². The van der Waals surface area contributed by atoms with Crippen LogP contribution in [0.2, 0.25) is 0 Å². The summed E-state index contributed by atoms with van der Waals surface area (Å²) >= 11 is 0. The smallest absolute Gasteiger partial charge is 0.196 e. The molecule has 0 N–H and O–H groups in total. The number of fused-ring (bicyclic) bond motifs is 1. The molecule has 0 atom stereocenters. The van der Waals surface area contributed by atoms with Crippen molar-refractivity contribution in [3.05, 3.63) is 42.8 Å². The monoisotopic (exact) mass is 185 g/mol. The first kappa shape index (κ1) is 7.32. The molecule has 0 saturated heterocycles. The van der Waals surface area contributed by atoms with Gasteiger partial charge in [-0.3, -0.25) is 0 Å². The lowest BCUT2D eigenvalue weighted by molar-refractivity contribution is 0.415. The van der Waals surface area contributed by atoms with E-state index in [4.69, 9.17) is 4.52 Å². The summed E-state index contributed by atoms with van der Waals surface area (Å²) in [5.41, 5.74) is 1.03. The minimum atomic E-state index is 0.700. The number of nitrogens with zero attached hydrogens (tertiary/aromatic N) is 3. The van der Waals surface area contributed by atoms with E-state index < -0.39 is 0 Å². The Bertz CT molecular complexity index is 554. The summed E-state index contributed by atoms with van der Waals surface area (Å²) in [7, 11) is 0. The van der Waals surface area contributed by atoms with Crippen LogP contribution in [0, 0.1) is 0 Å². The zero-order valence-corrected chi connectivity index (χ0v) is 7.29. The van der Waals surface area contributed by atoms with Crippen molar-refractivity contribution in [2.75, 3.05) is 0 Å². The van der Waals surface area contributed by atoms with Crippen LogP contribution in [0.15, 0.2) is 47.3 Å². The first-order chi connectivity index (χ1) is 6.95. The van der Waals surface area contributed by atoms with Gasteiger partial charge in [0.25, 0.3) is 0 Å². The number of aromatic nitrogens is 3. The molecule has 0 radical (unpaired) electrons. The highest BCUT2D eigenvalue weighted by Gasteiger charge is 2.05. The molecular formula is C10H7N3O. The van der Waals surface area contributed by atoms with Gasteiger partial charge in [-0.1, -0.05) is 23.4 Å². The standard InChI is InChI=1S/C10H7N3O/c1-2-4-9-8(3-1)7-11-13(9)10-5-6-14-12-10/h1-7H. The van der Waals surface area contributed by atoms with Gasteiger partial charge in [0.15, 0.2) is 5.82 Å². The molecule has 0 fully saturated rings. The number of benzene rings is 1. The fourth-order valence-electron chi connectivity index (χ4n) is 1.47. The summed E-state index contributed by atoms with van der Waals surface area (Å²) in [4.78, 5) is 0. The van der Waals surface area contributed by atoms with Crippen LogP contribution in [0.3, 0.4) is 0 Å². The quantitative estimate of drug-likeness (QED) is 0.582. The average Bonchev–Trinajstić information content (AvgIpc) is 2.85. The molecule has 4 nitrogen and oxygen atoms in total. The van der Waals surface area contributed by atoms with Crippen LogP contribution in [0.5, 0.6) is 0 Å². The predicted octanol–water partition coefficient (Wildman–Crippen LogP) is 2.01. The van der Waals surface area contributed by atoms with Crippen LogP contribution in [0.4, 0.5) is 0 Å². The van der Waals surface area contributed by atoms with Gasteiger partial charge >= 0.3 is 0 Å². The topological polar surface area (TPSA) is 43.9 Å². The van der Waals surface area contributed by atoms with Crippen molar-refractivity contribution in [1.82, 2.24) is 14.9 Å². The van der Waals surface area contributed by atoms with Gasteiger partial charge in [0, 0.05) is 11.5 Å². The van der Waals surface area contributed by atoms with Crippen molar-refractivity contribution in [3.8, 4) is 5.82 Å². The molecule has 2 aromatic heterocycles. The summed E-state index contributed by atoms with van der Waals surface area (Å²) in [5, 5.41) is 9.16. The van der Waals surface area contributed by atoms with Crippen molar-refractivity contribution in [3.63, 3.8) is 0 Å². The molecule has 0 aliphatic heterocycles. The van der Waals surface area contributed by atoms with Gasteiger partial charge in [0.05, 0.1) is 11.7 Å². The van der Waals surface area contributed by atoms with Crippen molar-refractivity contribution in [1.29, 1.82) is 0 Å². The molecule has 0 aliphatic rings.